The maximum Gasteiger partial charge on any atom is 0.0332 e. The van der Waals surface area contributed by atoms with E-state index in [1.807, 2.05) is 11.3 Å². The van der Waals surface area contributed by atoms with Gasteiger partial charge in [0.2, 0.25) is 0 Å². The van der Waals surface area contributed by atoms with Gasteiger partial charge in [0, 0.05) is 41.0 Å². The Balaban J connectivity index is 1.73. The van der Waals surface area contributed by atoms with Crippen molar-refractivity contribution >= 4 is 11.3 Å². The molecule has 1 aliphatic carbocycles. The first-order valence-electron chi connectivity index (χ1n) is 8.68. The van der Waals surface area contributed by atoms with Gasteiger partial charge in [-0.15, -0.1) is 11.3 Å². The Labute approximate surface area is 133 Å². The van der Waals surface area contributed by atoms with E-state index in [4.69, 9.17) is 0 Å². The van der Waals surface area contributed by atoms with Crippen LogP contribution in [-0.4, -0.2) is 29.6 Å². The van der Waals surface area contributed by atoms with Crippen LogP contribution in [0.4, 0.5) is 0 Å². The van der Waals surface area contributed by atoms with Crippen molar-refractivity contribution in [3.63, 3.8) is 0 Å². The maximum atomic E-state index is 3.92. The molecule has 1 atom stereocenters. The van der Waals surface area contributed by atoms with Gasteiger partial charge in [-0.25, -0.2) is 0 Å². The summed E-state index contributed by atoms with van der Waals surface area (Å²) < 4.78 is 0. The molecule has 0 radical (unpaired) electrons. The van der Waals surface area contributed by atoms with Gasteiger partial charge >= 0.3 is 0 Å². The zero-order chi connectivity index (χ0) is 14.9. The molecular weight excluding hydrogens is 276 g/mol. The fraction of sp³-hybridized carbons (Fsp3) is 0.778. The van der Waals surface area contributed by atoms with E-state index in [-0.39, 0.29) is 0 Å². The molecule has 3 rings (SSSR count). The molecule has 1 aromatic rings. The van der Waals surface area contributed by atoms with Gasteiger partial charge in [0.25, 0.3) is 0 Å². The van der Waals surface area contributed by atoms with E-state index in [9.17, 15) is 0 Å². The molecule has 1 aromatic heterocycles. The molecule has 21 heavy (non-hydrogen) atoms. The van der Waals surface area contributed by atoms with Gasteiger partial charge < -0.3 is 5.32 Å². The third kappa shape index (κ3) is 3.35. The molecule has 1 spiro atoms. The van der Waals surface area contributed by atoms with Crippen LogP contribution in [0.5, 0.6) is 0 Å². The number of aryl methyl sites for hydroxylation is 1. The van der Waals surface area contributed by atoms with Crippen molar-refractivity contribution in [2.24, 2.45) is 5.92 Å². The average molecular weight is 307 g/mol. The summed E-state index contributed by atoms with van der Waals surface area (Å²) in [5, 5.41) is 3.92. The molecule has 1 N–H and O–H groups in total. The van der Waals surface area contributed by atoms with Crippen molar-refractivity contribution in [1.82, 2.24) is 10.2 Å². The summed E-state index contributed by atoms with van der Waals surface area (Å²) in [6.07, 6.45) is 6.74. The minimum atomic E-state index is 0.427. The summed E-state index contributed by atoms with van der Waals surface area (Å²) in [7, 11) is 0. The van der Waals surface area contributed by atoms with Crippen LogP contribution in [-0.2, 0) is 13.0 Å². The van der Waals surface area contributed by atoms with E-state index in [1.54, 1.807) is 4.88 Å². The largest absolute Gasteiger partial charge is 0.308 e. The first kappa shape index (κ1) is 15.5. The molecule has 0 aromatic carbocycles. The second kappa shape index (κ2) is 6.39. The Morgan fingerprint density at radius 1 is 1.29 bits per heavy atom. The monoisotopic (exact) mass is 306 g/mol. The summed E-state index contributed by atoms with van der Waals surface area (Å²) in [4.78, 5) is 5.85. The van der Waals surface area contributed by atoms with E-state index in [0.717, 1.165) is 12.5 Å². The highest BCUT2D eigenvalue weighted by Gasteiger charge is 2.41. The van der Waals surface area contributed by atoms with Crippen LogP contribution in [0, 0.1) is 5.92 Å². The van der Waals surface area contributed by atoms with Crippen LogP contribution < -0.4 is 5.32 Å². The van der Waals surface area contributed by atoms with Crippen molar-refractivity contribution in [2.45, 2.75) is 71.0 Å². The lowest BCUT2D eigenvalue weighted by molar-refractivity contribution is 0.0515. The zero-order valence-electron chi connectivity index (χ0n) is 13.8. The summed E-state index contributed by atoms with van der Waals surface area (Å²) in [5.41, 5.74) is 0.427. The molecule has 0 amide bonds. The van der Waals surface area contributed by atoms with Gasteiger partial charge in [-0.3, -0.25) is 4.90 Å². The van der Waals surface area contributed by atoms with Crippen molar-refractivity contribution < 1.29 is 0 Å². The number of piperazine rings is 1. The van der Waals surface area contributed by atoms with E-state index in [1.165, 1.54) is 50.1 Å². The number of thiophene rings is 1. The predicted octanol–water partition coefficient (Wildman–Crippen LogP) is 4.05. The number of rotatable bonds is 4. The topological polar surface area (TPSA) is 15.3 Å². The molecule has 0 bridgehead atoms. The molecule has 1 unspecified atom stereocenters. The van der Waals surface area contributed by atoms with Crippen molar-refractivity contribution in [1.29, 1.82) is 0 Å². The highest BCUT2D eigenvalue weighted by atomic mass is 32.1. The Morgan fingerprint density at radius 3 is 2.62 bits per heavy atom. The van der Waals surface area contributed by atoms with E-state index in [2.05, 4.69) is 43.1 Å². The third-order valence-electron chi connectivity index (χ3n) is 5.42. The molecule has 3 heteroatoms. The molecular formula is C18H30N2S. The molecule has 2 heterocycles. The van der Waals surface area contributed by atoms with Crippen LogP contribution in [0.1, 0.15) is 56.2 Å². The van der Waals surface area contributed by atoms with Crippen molar-refractivity contribution in [3.8, 4) is 0 Å². The standard InChI is InChI=1S/C18H30N2S/c1-4-15-7-8-16(21-15)12-20-13-18(9-5-6-10-18)19-11-17(20)14(2)3/h7-8,14,17,19H,4-6,9-13H2,1-3H3. The maximum absolute atomic E-state index is 3.92. The lowest BCUT2D eigenvalue weighted by Gasteiger charge is -2.47. The minimum absolute atomic E-state index is 0.427. The fourth-order valence-corrected chi connectivity index (χ4v) is 5.11. The molecule has 1 saturated carbocycles. The molecule has 1 saturated heterocycles. The van der Waals surface area contributed by atoms with Crippen LogP contribution in [0.15, 0.2) is 12.1 Å². The highest BCUT2D eigenvalue weighted by molar-refractivity contribution is 7.11. The molecule has 118 valence electrons. The number of nitrogens with zero attached hydrogens (tertiary/aromatic N) is 1. The van der Waals surface area contributed by atoms with Crippen molar-refractivity contribution in [3.05, 3.63) is 21.9 Å². The van der Waals surface area contributed by atoms with Gasteiger partial charge in [0.05, 0.1) is 0 Å². The van der Waals surface area contributed by atoms with E-state index < -0.39 is 0 Å². The second-order valence-corrected chi connectivity index (χ2v) is 8.56. The van der Waals surface area contributed by atoms with Gasteiger partial charge in [-0.2, -0.15) is 0 Å². The van der Waals surface area contributed by atoms with Crippen LogP contribution in [0.25, 0.3) is 0 Å². The summed E-state index contributed by atoms with van der Waals surface area (Å²) in [5.74, 6) is 0.724. The predicted molar refractivity (Wildman–Crippen MR) is 91.9 cm³/mol. The third-order valence-corrected chi connectivity index (χ3v) is 6.63. The second-order valence-electron chi connectivity index (χ2n) is 7.31. The van der Waals surface area contributed by atoms with Crippen LogP contribution >= 0.6 is 11.3 Å². The van der Waals surface area contributed by atoms with Gasteiger partial charge in [0.1, 0.15) is 0 Å². The first-order chi connectivity index (χ1) is 10.1. The fourth-order valence-electron chi connectivity index (χ4n) is 4.13. The zero-order valence-corrected chi connectivity index (χ0v) is 14.6. The Hall–Kier alpha value is -0.380. The number of nitrogens with one attached hydrogen (secondary N) is 1. The normalized spacial score (nSPS) is 26.0. The SMILES string of the molecule is CCc1ccc(CN2CC3(CCCC3)NCC2C(C)C)s1. The van der Waals surface area contributed by atoms with Crippen LogP contribution in [0.2, 0.25) is 0 Å². The average Bonchev–Trinajstić information content (AvgIpc) is 3.08. The minimum Gasteiger partial charge on any atom is -0.308 e. The Kier molecular flexibility index (Phi) is 4.72. The number of hydrogen-bond acceptors (Lipinski definition) is 3. The summed E-state index contributed by atoms with van der Waals surface area (Å²) >= 11 is 2.01. The summed E-state index contributed by atoms with van der Waals surface area (Å²) in [6.45, 7) is 10.6. The molecule has 1 aliphatic heterocycles. The Morgan fingerprint density at radius 2 is 2.00 bits per heavy atom. The number of hydrogen-bond donors (Lipinski definition) is 1. The Bertz CT molecular complexity index is 460. The lowest BCUT2D eigenvalue weighted by Crippen LogP contribution is -2.63. The lowest BCUT2D eigenvalue weighted by atomic mass is 9.89. The first-order valence-corrected chi connectivity index (χ1v) is 9.50. The van der Waals surface area contributed by atoms with Crippen molar-refractivity contribution in [2.75, 3.05) is 13.1 Å². The molecule has 2 nitrogen and oxygen atoms in total. The quantitative estimate of drug-likeness (QED) is 0.902. The van der Waals surface area contributed by atoms with Gasteiger partial charge in [0.15, 0.2) is 0 Å². The molecule has 2 fully saturated rings. The highest BCUT2D eigenvalue weighted by Crippen LogP contribution is 2.35. The van der Waals surface area contributed by atoms with Gasteiger partial charge in [-0.05, 0) is 37.3 Å². The smallest absolute Gasteiger partial charge is 0.0332 e. The van der Waals surface area contributed by atoms with Crippen LogP contribution in [0.3, 0.4) is 0 Å². The molecule has 2 aliphatic rings. The van der Waals surface area contributed by atoms with E-state index in [0.29, 0.717) is 11.6 Å². The van der Waals surface area contributed by atoms with Gasteiger partial charge in [-0.1, -0.05) is 33.6 Å². The summed E-state index contributed by atoms with van der Waals surface area (Å²) in [6, 6.07) is 5.35. The van der Waals surface area contributed by atoms with E-state index >= 15 is 0 Å².